The second kappa shape index (κ2) is 9.12. The summed E-state index contributed by atoms with van der Waals surface area (Å²) in [6, 6.07) is 14.2. The highest BCUT2D eigenvalue weighted by molar-refractivity contribution is 7.48. The molecule has 0 aliphatic heterocycles. The fraction of sp³-hybridized carbons (Fsp3) is 0.381. The summed E-state index contributed by atoms with van der Waals surface area (Å²) in [6.45, 7) is 6.72. The van der Waals surface area contributed by atoms with Gasteiger partial charge in [0.1, 0.15) is 5.75 Å². The van der Waals surface area contributed by atoms with Crippen LogP contribution in [0.15, 0.2) is 42.5 Å². The molecular weight excluding hydrogens is 331 g/mol. The van der Waals surface area contributed by atoms with Gasteiger partial charge in [-0.1, -0.05) is 64.9 Å². The van der Waals surface area contributed by atoms with Crippen molar-refractivity contribution < 1.29 is 14.3 Å². The molecule has 1 unspecified atom stereocenters. The number of aryl methyl sites for hydroxylation is 1. The lowest BCUT2D eigenvalue weighted by Crippen LogP contribution is -2.24. The highest BCUT2D eigenvalue weighted by Gasteiger charge is 2.33. The zero-order valence-corrected chi connectivity index (χ0v) is 16.5. The number of benzene rings is 2. The number of methoxy groups -OCH3 is 1. The molecule has 0 aliphatic rings. The SMILES string of the molecule is CCC(CC)(Pc1ccccc1C=O)c1cccc(C)c1OCOC. The molecule has 0 bridgehead atoms. The maximum atomic E-state index is 11.5. The monoisotopic (exact) mass is 358 g/mol. The smallest absolute Gasteiger partial charge is 0.188 e. The zero-order chi connectivity index (χ0) is 18.3. The third-order valence-corrected chi connectivity index (χ3v) is 6.90. The number of carbonyl (C=O) groups is 1. The molecule has 0 spiro atoms. The average Bonchev–Trinajstić information content (AvgIpc) is 2.65. The van der Waals surface area contributed by atoms with Gasteiger partial charge in [0.25, 0.3) is 0 Å². The van der Waals surface area contributed by atoms with Gasteiger partial charge in [0.2, 0.25) is 0 Å². The molecule has 1 atom stereocenters. The minimum absolute atomic E-state index is 0.0613. The summed E-state index contributed by atoms with van der Waals surface area (Å²) in [5.74, 6) is 0.907. The third kappa shape index (κ3) is 4.29. The van der Waals surface area contributed by atoms with Gasteiger partial charge in [0.15, 0.2) is 13.1 Å². The van der Waals surface area contributed by atoms with Gasteiger partial charge >= 0.3 is 0 Å². The molecule has 4 heteroatoms. The van der Waals surface area contributed by atoms with E-state index in [0.29, 0.717) is 8.58 Å². The van der Waals surface area contributed by atoms with Crippen LogP contribution in [-0.4, -0.2) is 20.2 Å². The van der Waals surface area contributed by atoms with E-state index in [1.807, 2.05) is 18.2 Å². The minimum Gasteiger partial charge on any atom is -0.467 e. The summed E-state index contributed by atoms with van der Waals surface area (Å²) in [6.07, 6.45) is 2.90. The van der Waals surface area contributed by atoms with Crippen LogP contribution >= 0.6 is 8.58 Å². The zero-order valence-electron chi connectivity index (χ0n) is 15.5. The molecule has 3 nitrogen and oxygen atoms in total. The molecule has 0 aliphatic carbocycles. The van der Waals surface area contributed by atoms with E-state index in [4.69, 9.17) is 9.47 Å². The van der Waals surface area contributed by atoms with E-state index < -0.39 is 0 Å². The highest BCUT2D eigenvalue weighted by atomic mass is 31.1. The molecular formula is C21H27O3P. The maximum Gasteiger partial charge on any atom is 0.188 e. The summed E-state index contributed by atoms with van der Waals surface area (Å²) in [7, 11) is 2.13. The first kappa shape index (κ1) is 19.6. The van der Waals surface area contributed by atoms with Gasteiger partial charge in [-0.2, -0.15) is 0 Å². The quantitative estimate of drug-likeness (QED) is 0.367. The number of rotatable bonds is 9. The topological polar surface area (TPSA) is 35.5 Å². The number of hydrogen-bond donors (Lipinski definition) is 0. The normalized spacial score (nSPS) is 11.8. The molecule has 2 aromatic carbocycles. The van der Waals surface area contributed by atoms with Crippen molar-refractivity contribution in [1.29, 1.82) is 0 Å². The van der Waals surface area contributed by atoms with Crippen LogP contribution in [0.1, 0.15) is 48.2 Å². The number of para-hydroxylation sites is 1. The first-order valence-electron chi connectivity index (χ1n) is 8.66. The molecule has 0 saturated carbocycles. The number of hydrogen-bond acceptors (Lipinski definition) is 3. The van der Waals surface area contributed by atoms with Crippen molar-refractivity contribution in [2.75, 3.05) is 13.9 Å². The molecule has 0 aromatic heterocycles. The van der Waals surface area contributed by atoms with Crippen LogP contribution in [0.5, 0.6) is 5.75 Å². The lowest BCUT2D eigenvalue weighted by atomic mass is 9.90. The van der Waals surface area contributed by atoms with Crippen LogP contribution in [0.3, 0.4) is 0 Å². The lowest BCUT2D eigenvalue weighted by molar-refractivity contribution is 0.0494. The molecule has 0 saturated heterocycles. The summed E-state index contributed by atoms with van der Waals surface area (Å²) < 4.78 is 11.1. The summed E-state index contributed by atoms with van der Waals surface area (Å²) in [4.78, 5) is 11.5. The standard InChI is InChI=1S/C21H27O3P/c1-5-21(6-2,25-19-13-8-7-11-17(19)14-22)18-12-9-10-16(3)20(18)24-15-23-4/h7-14,25H,5-6,15H2,1-4H3. The summed E-state index contributed by atoms with van der Waals surface area (Å²) in [5.41, 5.74) is 3.09. The summed E-state index contributed by atoms with van der Waals surface area (Å²) in [5, 5.41) is 1.05. The van der Waals surface area contributed by atoms with Crippen LogP contribution in [0.2, 0.25) is 0 Å². The van der Waals surface area contributed by atoms with Crippen molar-refractivity contribution in [3.63, 3.8) is 0 Å². The van der Waals surface area contributed by atoms with Gasteiger partial charge in [-0.3, -0.25) is 4.79 Å². The Bertz CT molecular complexity index is 708. The van der Waals surface area contributed by atoms with Crippen LogP contribution in [0.4, 0.5) is 0 Å². The van der Waals surface area contributed by atoms with E-state index in [1.54, 1.807) is 7.11 Å². The van der Waals surface area contributed by atoms with E-state index in [1.165, 1.54) is 5.56 Å². The Morgan fingerprint density at radius 2 is 1.80 bits per heavy atom. The van der Waals surface area contributed by atoms with Crippen molar-refractivity contribution in [3.8, 4) is 5.75 Å². The van der Waals surface area contributed by atoms with Crippen LogP contribution in [0, 0.1) is 6.92 Å². The molecule has 2 rings (SSSR count). The number of carbonyl (C=O) groups excluding carboxylic acids is 1. The maximum absolute atomic E-state index is 11.5. The molecule has 0 radical (unpaired) electrons. The molecule has 0 N–H and O–H groups in total. The number of ether oxygens (including phenoxy) is 2. The predicted octanol–water partition coefficient (Wildman–Crippen LogP) is 4.81. The first-order valence-corrected chi connectivity index (χ1v) is 9.66. The first-order chi connectivity index (χ1) is 12.1. The molecule has 25 heavy (non-hydrogen) atoms. The Labute approximate surface area is 152 Å². The molecule has 134 valence electrons. The van der Waals surface area contributed by atoms with Crippen molar-refractivity contribution >= 4 is 20.2 Å². The van der Waals surface area contributed by atoms with Crippen LogP contribution in [-0.2, 0) is 9.89 Å². The molecule has 0 heterocycles. The third-order valence-electron chi connectivity index (χ3n) is 4.72. The van der Waals surface area contributed by atoms with Crippen molar-refractivity contribution in [3.05, 3.63) is 59.2 Å². The summed E-state index contributed by atoms with van der Waals surface area (Å²) >= 11 is 0. The van der Waals surface area contributed by atoms with Crippen molar-refractivity contribution in [2.45, 2.75) is 38.8 Å². The van der Waals surface area contributed by atoms with Gasteiger partial charge in [0, 0.05) is 23.4 Å². The van der Waals surface area contributed by atoms with Gasteiger partial charge in [0.05, 0.1) is 0 Å². The van der Waals surface area contributed by atoms with Crippen molar-refractivity contribution in [2.24, 2.45) is 0 Å². The second-order valence-corrected chi connectivity index (χ2v) is 7.87. The van der Waals surface area contributed by atoms with Gasteiger partial charge in [-0.05, 0) is 30.6 Å². The minimum atomic E-state index is -0.0613. The van der Waals surface area contributed by atoms with E-state index in [9.17, 15) is 4.79 Å². The fourth-order valence-electron chi connectivity index (χ4n) is 3.19. The number of aldehydes is 1. The largest absolute Gasteiger partial charge is 0.467 e. The molecule has 0 amide bonds. The van der Waals surface area contributed by atoms with Crippen LogP contribution < -0.4 is 10.0 Å². The Balaban J connectivity index is 2.53. The van der Waals surface area contributed by atoms with Gasteiger partial charge in [-0.25, -0.2) is 0 Å². The Morgan fingerprint density at radius 1 is 1.08 bits per heavy atom. The molecule has 0 fully saturated rings. The predicted molar refractivity (Wildman–Crippen MR) is 106 cm³/mol. The Kier molecular flexibility index (Phi) is 7.16. The average molecular weight is 358 g/mol. The Hall–Kier alpha value is -1.70. The van der Waals surface area contributed by atoms with Gasteiger partial charge in [-0.15, -0.1) is 0 Å². The fourth-order valence-corrected chi connectivity index (χ4v) is 4.85. The van der Waals surface area contributed by atoms with E-state index in [-0.39, 0.29) is 11.9 Å². The van der Waals surface area contributed by atoms with E-state index in [0.717, 1.165) is 41.3 Å². The highest BCUT2D eigenvalue weighted by Crippen LogP contribution is 2.50. The molecule has 2 aromatic rings. The second-order valence-electron chi connectivity index (χ2n) is 6.12. The van der Waals surface area contributed by atoms with Gasteiger partial charge < -0.3 is 9.47 Å². The lowest BCUT2D eigenvalue weighted by Gasteiger charge is -2.35. The Morgan fingerprint density at radius 3 is 2.44 bits per heavy atom. The van der Waals surface area contributed by atoms with Crippen molar-refractivity contribution in [1.82, 2.24) is 0 Å². The van der Waals surface area contributed by atoms with Crippen LogP contribution in [0.25, 0.3) is 0 Å². The van der Waals surface area contributed by atoms with E-state index >= 15 is 0 Å². The van der Waals surface area contributed by atoms with E-state index in [2.05, 4.69) is 45.0 Å².